The summed E-state index contributed by atoms with van der Waals surface area (Å²) in [4.78, 5) is 4.72. The van der Waals surface area contributed by atoms with E-state index < -0.39 is 0 Å². The minimum atomic E-state index is 0.346. The Morgan fingerprint density at radius 3 is 3.05 bits per heavy atom. The molecule has 2 heterocycles. The fourth-order valence-electron chi connectivity index (χ4n) is 2.98. The van der Waals surface area contributed by atoms with Crippen LogP contribution in [0.1, 0.15) is 25.2 Å². The van der Waals surface area contributed by atoms with E-state index in [9.17, 15) is 0 Å². The van der Waals surface area contributed by atoms with Crippen molar-refractivity contribution in [3.8, 4) is 0 Å². The van der Waals surface area contributed by atoms with E-state index in [0.717, 1.165) is 47.9 Å². The topological polar surface area (TPSA) is 27.1 Å². The van der Waals surface area contributed by atoms with Gasteiger partial charge < -0.3 is 9.30 Å². The molecule has 1 aliphatic rings. The maximum absolute atomic E-state index is 6.15. The first-order valence-corrected chi connectivity index (χ1v) is 7.92. The Balaban J connectivity index is 2.09. The smallest absolute Gasteiger partial charge is 0.111 e. The molecular weight excluding hydrogens is 295 g/mol. The number of nitrogens with zero attached hydrogens (tertiary/aromatic N) is 2. The van der Waals surface area contributed by atoms with Gasteiger partial charge in [-0.25, -0.2) is 4.98 Å². The number of halogens is 2. The summed E-state index contributed by atoms with van der Waals surface area (Å²) < 4.78 is 7.82. The maximum Gasteiger partial charge on any atom is 0.111 e. The van der Waals surface area contributed by atoms with Crippen molar-refractivity contribution in [2.45, 2.75) is 25.8 Å². The molecule has 0 radical (unpaired) electrons. The number of imidazole rings is 1. The van der Waals surface area contributed by atoms with Crippen LogP contribution >= 0.6 is 23.2 Å². The summed E-state index contributed by atoms with van der Waals surface area (Å²) in [6, 6.07) is 6.20. The van der Waals surface area contributed by atoms with Crippen molar-refractivity contribution in [3.05, 3.63) is 29.0 Å². The molecule has 2 unspecified atom stereocenters. The summed E-state index contributed by atoms with van der Waals surface area (Å²) in [5, 5.41) is 0.742. The molecule has 1 saturated heterocycles. The highest BCUT2D eigenvalue weighted by atomic mass is 35.5. The highest BCUT2D eigenvalue weighted by molar-refractivity contribution is 6.31. The van der Waals surface area contributed by atoms with E-state index in [-0.39, 0.29) is 0 Å². The minimum Gasteiger partial charge on any atom is -0.381 e. The summed E-state index contributed by atoms with van der Waals surface area (Å²) >= 11 is 12.1. The SMILES string of the molecule is CC(C1CCOC1)n1c(CCCl)nc2ccc(Cl)cc21. The molecule has 2 atom stereocenters. The van der Waals surface area contributed by atoms with Crippen molar-refractivity contribution in [2.75, 3.05) is 19.1 Å². The van der Waals surface area contributed by atoms with Gasteiger partial charge in [-0.1, -0.05) is 11.6 Å². The Hall–Kier alpha value is -0.770. The zero-order valence-electron chi connectivity index (χ0n) is 11.5. The molecule has 20 heavy (non-hydrogen) atoms. The summed E-state index contributed by atoms with van der Waals surface area (Å²) in [5.74, 6) is 2.14. The molecule has 0 bridgehead atoms. The molecule has 0 spiro atoms. The zero-order valence-corrected chi connectivity index (χ0v) is 13.0. The van der Waals surface area contributed by atoms with E-state index >= 15 is 0 Å². The molecule has 3 nitrogen and oxygen atoms in total. The van der Waals surface area contributed by atoms with Gasteiger partial charge >= 0.3 is 0 Å². The van der Waals surface area contributed by atoms with Gasteiger partial charge in [0.05, 0.1) is 17.6 Å². The highest BCUT2D eigenvalue weighted by Gasteiger charge is 2.26. The highest BCUT2D eigenvalue weighted by Crippen LogP contribution is 2.32. The van der Waals surface area contributed by atoms with Gasteiger partial charge in [-0.05, 0) is 31.5 Å². The first kappa shape index (κ1) is 14.2. The molecule has 1 aromatic carbocycles. The summed E-state index contributed by atoms with van der Waals surface area (Å²) in [6.07, 6.45) is 1.87. The van der Waals surface area contributed by atoms with Gasteiger partial charge in [0.2, 0.25) is 0 Å². The number of hydrogen-bond acceptors (Lipinski definition) is 2. The normalized spacial score (nSPS) is 20.6. The van der Waals surface area contributed by atoms with Crippen LogP contribution in [0.4, 0.5) is 0 Å². The van der Waals surface area contributed by atoms with E-state index in [0.29, 0.717) is 17.8 Å². The maximum atomic E-state index is 6.15. The number of rotatable bonds is 4. The van der Waals surface area contributed by atoms with Gasteiger partial charge in [0.1, 0.15) is 5.82 Å². The van der Waals surface area contributed by atoms with Crippen molar-refractivity contribution < 1.29 is 4.74 Å². The van der Waals surface area contributed by atoms with E-state index in [4.69, 9.17) is 32.9 Å². The molecule has 0 saturated carbocycles. The second-order valence-corrected chi connectivity index (χ2v) is 6.15. The number of benzene rings is 1. The van der Waals surface area contributed by atoms with Crippen LogP contribution in [-0.4, -0.2) is 28.6 Å². The van der Waals surface area contributed by atoms with Gasteiger partial charge in [0.15, 0.2) is 0 Å². The Kier molecular flexibility index (Phi) is 4.20. The first-order valence-electron chi connectivity index (χ1n) is 7.00. The van der Waals surface area contributed by atoms with Crippen LogP contribution in [-0.2, 0) is 11.2 Å². The molecule has 0 aliphatic carbocycles. The van der Waals surface area contributed by atoms with Crippen LogP contribution < -0.4 is 0 Å². The van der Waals surface area contributed by atoms with Gasteiger partial charge in [-0.15, -0.1) is 11.6 Å². The molecule has 5 heteroatoms. The van der Waals surface area contributed by atoms with E-state index in [1.165, 1.54) is 0 Å². The quantitative estimate of drug-likeness (QED) is 0.796. The van der Waals surface area contributed by atoms with Crippen LogP contribution in [0.25, 0.3) is 11.0 Å². The van der Waals surface area contributed by atoms with E-state index in [1.807, 2.05) is 18.2 Å². The van der Waals surface area contributed by atoms with Crippen molar-refractivity contribution in [2.24, 2.45) is 5.92 Å². The lowest BCUT2D eigenvalue weighted by molar-refractivity contribution is 0.175. The molecule has 0 N–H and O–H groups in total. The lowest BCUT2D eigenvalue weighted by atomic mass is 10.00. The molecule has 3 rings (SSSR count). The Bertz CT molecular complexity index is 605. The molecule has 108 valence electrons. The number of fused-ring (bicyclic) bond motifs is 1. The van der Waals surface area contributed by atoms with Crippen molar-refractivity contribution >= 4 is 34.2 Å². The summed E-state index contributed by atoms with van der Waals surface area (Å²) in [6.45, 7) is 3.91. The van der Waals surface area contributed by atoms with E-state index in [1.54, 1.807) is 0 Å². The lowest BCUT2D eigenvalue weighted by Crippen LogP contribution is -2.19. The monoisotopic (exact) mass is 312 g/mol. The first-order chi connectivity index (χ1) is 9.70. The Labute approximate surface area is 128 Å². The van der Waals surface area contributed by atoms with Gasteiger partial charge in [-0.3, -0.25) is 0 Å². The van der Waals surface area contributed by atoms with Crippen LogP contribution in [0.15, 0.2) is 18.2 Å². The minimum absolute atomic E-state index is 0.346. The number of aromatic nitrogens is 2. The van der Waals surface area contributed by atoms with Crippen LogP contribution in [0.5, 0.6) is 0 Å². The largest absolute Gasteiger partial charge is 0.381 e. The molecule has 2 aromatic rings. The molecule has 1 fully saturated rings. The standard InChI is InChI=1S/C15H18Cl2N2O/c1-10(11-5-7-20-9-11)19-14-8-12(17)2-3-13(14)18-15(19)4-6-16/h2-3,8,10-11H,4-7,9H2,1H3. The van der Waals surface area contributed by atoms with Crippen molar-refractivity contribution in [1.82, 2.24) is 9.55 Å². The lowest BCUT2D eigenvalue weighted by Gasteiger charge is -2.22. The van der Waals surface area contributed by atoms with E-state index in [2.05, 4.69) is 11.5 Å². The number of hydrogen-bond donors (Lipinski definition) is 0. The number of alkyl halides is 1. The van der Waals surface area contributed by atoms with Crippen LogP contribution in [0.3, 0.4) is 0 Å². The second-order valence-electron chi connectivity index (χ2n) is 5.33. The summed E-state index contributed by atoms with van der Waals surface area (Å²) in [7, 11) is 0. The van der Waals surface area contributed by atoms with Gasteiger partial charge in [-0.2, -0.15) is 0 Å². The average Bonchev–Trinajstić information content (AvgIpc) is 3.05. The third-order valence-corrected chi connectivity index (χ3v) is 4.52. The predicted octanol–water partition coefficient (Wildman–Crippen LogP) is 4.07. The average molecular weight is 313 g/mol. The zero-order chi connectivity index (χ0) is 14.1. The van der Waals surface area contributed by atoms with Crippen molar-refractivity contribution in [3.63, 3.8) is 0 Å². The molecular formula is C15H18Cl2N2O. The number of aryl methyl sites for hydroxylation is 1. The number of ether oxygens (including phenoxy) is 1. The van der Waals surface area contributed by atoms with Crippen molar-refractivity contribution in [1.29, 1.82) is 0 Å². The molecule has 1 aliphatic heterocycles. The fourth-order valence-corrected chi connectivity index (χ4v) is 3.31. The fraction of sp³-hybridized carbons (Fsp3) is 0.533. The predicted molar refractivity (Wildman–Crippen MR) is 82.8 cm³/mol. The second kappa shape index (κ2) is 5.92. The van der Waals surface area contributed by atoms with Gasteiger partial charge in [0, 0.05) is 35.9 Å². The molecule has 1 aromatic heterocycles. The van der Waals surface area contributed by atoms with Crippen LogP contribution in [0.2, 0.25) is 5.02 Å². The Morgan fingerprint density at radius 2 is 2.35 bits per heavy atom. The van der Waals surface area contributed by atoms with Crippen LogP contribution in [0, 0.1) is 5.92 Å². The summed E-state index contributed by atoms with van der Waals surface area (Å²) in [5.41, 5.74) is 2.08. The Morgan fingerprint density at radius 1 is 1.50 bits per heavy atom. The third kappa shape index (κ3) is 2.54. The third-order valence-electron chi connectivity index (χ3n) is 4.10. The van der Waals surface area contributed by atoms with Gasteiger partial charge in [0.25, 0.3) is 0 Å². The molecule has 0 amide bonds.